The predicted molar refractivity (Wildman–Crippen MR) is 75.8 cm³/mol. The van der Waals surface area contributed by atoms with Crippen molar-refractivity contribution in [3.05, 3.63) is 35.4 Å². The Morgan fingerprint density at radius 3 is 2.61 bits per heavy atom. The van der Waals surface area contributed by atoms with Crippen LogP contribution in [0.25, 0.3) is 0 Å². The minimum atomic E-state index is 0.202. The molecule has 0 radical (unpaired) electrons. The van der Waals surface area contributed by atoms with Crippen molar-refractivity contribution >= 4 is 0 Å². The SMILES string of the molecule is CCCc1ccc(C2CNC(C)C(C)CO2)cc1. The smallest absolute Gasteiger partial charge is 0.0949 e. The fourth-order valence-electron chi connectivity index (χ4n) is 2.37. The Hall–Kier alpha value is -0.860. The fraction of sp³-hybridized carbons (Fsp3) is 0.625. The summed E-state index contributed by atoms with van der Waals surface area (Å²) in [5.74, 6) is 0.578. The topological polar surface area (TPSA) is 21.3 Å². The lowest BCUT2D eigenvalue weighted by Gasteiger charge is -2.16. The molecule has 3 unspecified atom stereocenters. The normalized spacial score (nSPS) is 28.9. The molecule has 0 aromatic heterocycles. The van der Waals surface area contributed by atoms with Crippen molar-refractivity contribution in [2.24, 2.45) is 5.92 Å². The first-order valence-corrected chi connectivity index (χ1v) is 7.14. The molecule has 0 spiro atoms. The second-order valence-corrected chi connectivity index (χ2v) is 5.49. The average Bonchev–Trinajstić information content (AvgIpc) is 2.55. The lowest BCUT2D eigenvalue weighted by atomic mass is 10.0. The van der Waals surface area contributed by atoms with E-state index in [-0.39, 0.29) is 6.10 Å². The predicted octanol–water partition coefficient (Wildman–Crippen LogP) is 3.32. The molecule has 1 heterocycles. The molecule has 1 aliphatic rings. The van der Waals surface area contributed by atoms with Crippen LogP contribution in [0, 0.1) is 5.92 Å². The highest BCUT2D eigenvalue weighted by Gasteiger charge is 2.22. The van der Waals surface area contributed by atoms with Gasteiger partial charge in [-0.3, -0.25) is 0 Å². The number of rotatable bonds is 3. The first kappa shape index (κ1) is 13.6. The molecule has 2 heteroatoms. The summed E-state index contributed by atoms with van der Waals surface area (Å²) in [6, 6.07) is 9.45. The van der Waals surface area contributed by atoms with Gasteiger partial charge in [0.15, 0.2) is 0 Å². The Balaban J connectivity index is 2.02. The Morgan fingerprint density at radius 2 is 1.94 bits per heavy atom. The Kier molecular flexibility index (Phi) is 4.79. The third-order valence-corrected chi connectivity index (χ3v) is 3.93. The third kappa shape index (κ3) is 3.33. The number of benzene rings is 1. The van der Waals surface area contributed by atoms with Crippen molar-refractivity contribution in [2.75, 3.05) is 13.2 Å². The van der Waals surface area contributed by atoms with E-state index in [0.29, 0.717) is 12.0 Å². The van der Waals surface area contributed by atoms with Gasteiger partial charge in [0.05, 0.1) is 12.7 Å². The highest BCUT2D eigenvalue weighted by molar-refractivity contribution is 5.24. The summed E-state index contributed by atoms with van der Waals surface area (Å²) in [7, 11) is 0. The third-order valence-electron chi connectivity index (χ3n) is 3.93. The van der Waals surface area contributed by atoms with Gasteiger partial charge in [0.25, 0.3) is 0 Å². The summed E-state index contributed by atoms with van der Waals surface area (Å²) < 4.78 is 6.01. The van der Waals surface area contributed by atoms with Gasteiger partial charge >= 0.3 is 0 Å². The van der Waals surface area contributed by atoms with Crippen LogP contribution >= 0.6 is 0 Å². The summed E-state index contributed by atoms with van der Waals surface area (Å²) in [6.07, 6.45) is 2.57. The fourth-order valence-corrected chi connectivity index (χ4v) is 2.37. The molecular weight excluding hydrogens is 222 g/mol. The van der Waals surface area contributed by atoms with Crippen molar-refractivity contribution in [3.63, 3.8) is 0 Å². The summed E-state index contributed by atoms with van der Waals surface area (Å²) in [4.78, 5) is 0. The highest BCUT2D eigenvalue weighted by Crippen LogP contribution is 2.22. The van der Waals surface area contributed by atoms with Crippen molar-refractivity contribution in [1.82, 2.24) is 5.32 Å². The average molecular weight is 247 g/mol. The van der Waals surface area contributed by atoms with Crippen molar-refractivity contribution in [2.45, 2.75) is 45.8 Å². The molecule has 0 amide bonds. The van der Waals surface area contributed by atoms with Gasteiger partial charge < -0.3 is 10.1 Å². The molecule has 0 saturated carbocycles. The van der Waals surface area contributed by atoms with Crippen molar-refractivity contribution in [3.8, 4) is 0 Å². The van der Waals surface area contributed by atoms with Crippen LogP contribution in [0.2, 0.25) is 0 Å². The Morgan fingerprint density at radius 1 is 1.22 bits per heavy atom. The van der Waals surface area contributed by atoms with Gasteiger partial charge in [-0.1, -0.05) is 44.5 Å². The van der Waals surface area contributed by atoms with Crippen LogP contribution in [-0.2, 0) is 11.2 Å². The molecule has 1 N–H and O–H groups in total. The van der Waals surface area contributed by atoms with Crippen LogP contribution in [0.15, 0.2) is 24.3 Å². The van der Waals surface area contributed by atoms with E-state index in [1.54, 1.807) is 0 Å². The maximum absolute atomic E-state index is 6.01. The van der Waals surface area contributed by atoms with E-state index in [1.807, 2.05) is 0 Å². The molecule has 1 fully saturated rings. The van der Waals surface area contributed by atoms with E-state index in [2.05, 4.69) is 50.4 Å². The van der Waals surface area contributed by atoms with Gasteiger partial charge in [-0.05, 0) is 30.4 Å². The quantitative estimate of drug-likeness (QED) is 0.884. The van der Waals surface area contributed by atoms with Crippen LogP contribution < -0.4 is 5.32 Å². The highest BCUT2D eigenvalue weighted by atomic mass is 16.5. The molecule has 1 aliphatic heterocycles. The molecule has 100 valence electrons. The molecule has 18 heavy (non-hydrogen) atoms. The molecule has 2 rings (SSSR count). The Labute approximate surface area is 111 Å². The van der Waals surface area contributed by atoms with Gasteiger partial charge in [-0.15, -0.1) is 0 Å². The van der Waals surface area contributed by atoms with Gasteiger partial charge in [0, 0.05) is 12.6 Å². The van der Waals surface area contributed by atoms with E-state index >= 15 is 0 Å². The molecule has 0 bridgehead atoms. The van der Waals surface area contributed by atoms with Crippen LogP contribution in [0.5, 0.6) is 0 Å². The summed E-state index contributed by atoms with van der Waals surface area (Å²) >= 11 is 0. The number of nitrogens with one attached hydrogen (secondary N) is 1. The van der Waals surface area contributed by atoms with Crippen LogP contribution in [0.3, 0.4) is 0 Å². The lowest BCUT2D eigenvalue weighted by Crippen LogP contribution is -2.32. The van der Waals surface area contributed by atoms with E-state index in [0.717, 1.165) is 19.6 Å². The molecule has 0 aliphatic carbocycles. The zero-order valence-corrected chi connectivity index (χ0v) is 11.8. The number of aryl methyl sites for hydroxylation is 1. The van der Waals surface area contributed by atoms with Gasteiger partial charge in [-0.25, -0.2) is 0 Å². The van der Waals surface area contributed by atoms with Crippen molar-refractivity contribution < 1.29 is 4.74 Å². The second-order valence-electron chi connectivity index (χ2n) is 5.49. The van der Waals surface area contributed by atoms with E-state index in [1.165, 1.54) is 17.5 Å². The van der Waals surface area contributed by atoms with E-state index < -0.39 is 0 Å². The first-order chi connectivity index (χ1) is 8.70. The first-order valence-electron chi connectivity index (χ1n) is 7.14. The molecule has 1 aromatic carbocycles. The molecule has 3 atom stereocenters. The Bertz CT molecular complexity index is 348. The standard InChI is InChI=1S/C16H25NO/c1-4-5-14-6-8-15(9-7-14)16-10-17-13(3)12(2)11-18-16/h6-9,12-13,16-17H,4-5,10-11H2,1-3H3. The number of hydrogen-bond acceptors (Lipinski definition) is 2. The zero-order chi connectivity index (χ0) is 13.0. The molecule has 1 aromatic rings. The number of hydrogen-bond donors (Lipinski definition) is 1. The summed E-state index contributed by atoms with van der Waals surface area (Å²) in [6.45, 7) is 8.45. The minimum Gasteiger partial charge on any atom is -0.372 e. The van der Waals surface area contributed by atoms with E-state index in [9.17, 15) is 0 Å². The van der Waals surface area contributed by atoms with Crippen molar-refractivity contribution in [1.29, 1.82) is 0 Å². The monoisotopic (exact) mass is 247 g/mol. The zero-order valence-electron chi connectivity index (χ0n) is 11.8. The van der Waals surface area contributed by atoms with Crippen LogP contribution in [0.1, 0.15) is 44.4 Å². The second kappa shape index (κ2) is 6.35. The largest absolute Gasteiger partial charge is 0.372 e. The lowest BCUT2D eigenvalue weighted by molar-refractivity contribution is 0.0496. The van der Waals surface area contributed by atoms with Gasteiger partial charge in [-0.2, -0.15) is 0 Å². The summed E-state index contributed by atoms with van der Waals surface area (Å²) in [5, 5.41) is 3.56. The molecular formula is C16H25NO. The molecule has 2 nitrogen and oxygen atoms in total. The maximum atomic E-state index is 6.01. The molecule has 1 saturated heterocycles. The van der Waals surface area contributed by atoms with Crippen LogP contribution in [0.4, 0.5) is 0 Å². The maximum Gasteiger partial charge on any atom is 0.0949 e. The van der Waals surface area contributed by atoms with Crippen LogP contribution in [-0.4, -0.2) is 19.2 Å². The number of ether oxygens (including phenoxy) is 1. The van der Waals surface area contributed by atoms with Gasteiger partial charge in [0.1, 0.15) is 0 Å². The van der Waals surface area contributed by atoms with E-state index in [4.69, 9.17) is 4.74 Å². The van der Waals surface area contributed by atoms with Gasteiger partial charge in [0.2, 0.25) is 0 Å². The summed E-state index contributed by atoms with van der Waals surface area (Å²) in [5.41, 5.74) is 2.72. The minimum absolute atomic E-state index is 0.202.